The molecule has 106 valence electrons. The van der Waals surface area contributed by atoms with Crippen LogP contribution in [0.4, 0.5) is 0 Å². The van der Waals surface area contributed by atoms with E-state index in [1.165, 1.54) is 11.1 Å². The highest BCUT2D eigenvalue weighted by molar-refractivity contribution is 7.53. The van der Waals surface area contributed by atoms with E-state index in [2.05, 4.69) is 92.5 Å². The zero-order valence-electron chi connectivity index (χ0n) is 12.8. The van der Waals surface area contributed by atoms with Gasteiger partial charge < -0.3 is 0 Å². The fourth-order valence-electron chi connectivity index (χ4n) is 2.80. The third-order valence-electron chi connectivity index (χ3n) is 3.82. The van der Waals surface area contributed by atoms with Crippen molar-refractivity contribution in [3.05, 3.63) is 71.8 Å². The molecule has 0 heterocycles. The number of hydrogen-bond donors (Lipinski definition) is 0. The third-order valence-corrected chi connectivity index (χ3v) is 5.44. The first-order chi connectivity index (χ1) is 9.61. The van der Waals surface area contributed by atoms with Gasteiger partial charge in [-0.2, -0.15) is 0 Å². The zero-order chi connectivity index (χ0) is 14.5. The fourth-order valence-corrected chi connectivity index (χ4v) is 4.45. The van der Waals surface area contributed by atoms with Crippen LogP contribution in [0.15, 0.2) is 60.7 Å². The van der Waals surface area contributed by atoms with Crippen LogP contribution in [0, 0.1) is 0 Å². The number of hydrogen-bond acceptors (Lipinski definition) is 1. The molecule has 0 saturated heterocycles. The second-order valence-electron chi connectivity index (χ2n) is 5.40. The molecule has 0 amide bonds. The molecule has 20 heavy (non-hydrogen) atoms. The third kappa shape index (κ3) is 3.48. The summed E-state index contributed by atoms with van der Waals surface area (Å²) in [5.41, 5.74) is 2.79. The predicted octanol–water partition coefficient (Wildman–Crippen LogP) is 5.47. The first-order valence-electron chi connectivity index (χ1n) is 7.16. The Morgan fingerprint density at radius 3 is 1.35 bits per heavy atom. The molecule has 2 heteroatoms. The highest BCUT2D eigenvalue weighted by Crippen LogP contribution is 2.46. The molecule has 0 bridgehead atoms. The lowest BCUT2D eigenvalue weighted by Gasteiger charge is -2.38. The van der Waals surface area contributed by atoms with E-state index < -0.39 is 0 Å². The van der Waals surface area contributed by atoms with Crippen LogP contribution in [0.25, 0.3) is 0 Å². The van der Waals surface area contributed by atoms with E-state index in [1.807, 2.05) is 0 Å². The Bertz CT molecular complexity index is 464. The maximum absolute atomic E-state index is 2.64. The summed E-state index contributed by atoms with van der Waals surface area (Å²) >= 11 is 0. The van der Waals surface area contributed by atoms with Gasteiger partial charge >= 0.3 is 0 Å². The minimum Gasteiger partial charge on any atom is -0.268 e. The summed E-state index contributed by atoms with van der Waals surface area (Å²) in [4.78, 5) is 0. The van der Waals surface area contributed by atoms with E-state index in [9.17, 15) is 0 Å². The van der Waals surface area contributed by atoms with E-state index in [-0.39, 0.29) is 8.07 Å². The number of nitrogens with zero attached hydrogens (tertiary/aromatic N) is 1. The van der Waals surface area contributed by atoms with Gasteiger partial charge in [0.05, 0.1) is 0 Å². The van der Waals surface area contributed by atoms with Gasteiger partial charge in [0.2, 0.25) is 0 Å². The largest absolute Gasteiger partial charge is 0.268 e. The molecular weight excluding hydrogens is 261 g/mol. The average molecular weight is 285 g/mol. The molecule has 2 atom stereocenters. The average Bonchev–Trinajstić information content (AvgIpc) is 2.48. The normalized spacial score (nSPS) is 14.5. The van der Waals surface area contributed by atoms with Crippen LogP contribution in [-0.2, 0) is 0 Å². The highest BCUT2D eigenvalue weighted by atomic mass is 31.1. The summed E-state index contributed by atoms with van der Waals surface area (Å²) in [7, 11) is -0.157. The summed E-state index contributed by atoms with van der Waals surface area (Å²) in [6.07, 6.45) is 0. The number of rotatable bonds is 5. The van der Waals surface area contributed by atoms with E-state index in [1.54, 1.807) is 0 Å². The van der Waals surface area contributed by atoms with Gasteiger partial charge in [0.1, 0.15) is 0 Å². The Morgan fingerprint density at radius 1 is 0.700 bits per heavy atom. The Morgan fingerprint density at radius 2 is 1.05 bits per heavy atom. The molecule has 0 spiro atoms. The minimum atomic E-state index is -0.157. The van der Waals surface area contributed by atoms with Crippen molar-refractivity contribution in [2.75, 3.05) is 13.3 Å². The van der Waals surface area contributed by atoms with Crippen LogP contribution < -0.4 is 0 Å². The minimum absolute atomic E-state index is 0.157. The topological polar surface area (TPSA) is 3.24 Å². The van der Waals surface area contributed by atoms with Crippen molar-refractivity contribution in [2.45, 2.75) is 25.9 Å². The first-order valence-corrected chi connectivity index (χ1v) is 9.35. The van der Waals surface area contributed by atoms with Crippen LogP contribution in [0.5, 0.6) is 0 Å². The Kier molecular flexibility index (Phi) is 5.34. The van der Waals surface area contributed by atoms with Gasteiger partial charge in [-0.15, -0.1) is 0 Å². The van der Waals surface area contributed by atoms with Gasteiger partial charge in [-0.1, -0.05) is 60.7 Å². The van der Waals surface area contributed by atoms with Gasteiger partial charge in [-0.25, -0.2) is 0 Å². The Labute approximate surface area is 124 Å². The van der Waals surface area contributed by atoms with Crippen molar-refractivity contribution in [1.82, 2.24) is 4.67 Å². The summed E-state index contributed by atoms with van der Waals surface area (Å²) in [6.45, 7) is 9.32. The zero-order valence-corrected chi connectivity index (χ0v) is 13.7. The van der Waals surface area contributed by atoms with Crippen LogP contribution in [0.1, 0.15) is 37.1 Å². The van der Waals surface area contributed by atoms with Crippen LogP contribution >= 0.6 is 8.07 Å². The van der Waals surface area contributed by atoms with Gasteiger partial charge in [0.25, 0.3) is 0 Å². The molecule has 0 saturated carbocycles. The predicted molar refractivity (Wildman–Crippen MR) is 90.3 cm³/mol. The number of benzene rings is 2. The molecule has 0 aromatic heterocycles. The summed E-state index contributed by atoms with van der Waals surface area (Å²) in [6, 6.07) is 22.5. The van der Waals surface area contributed by atoms with E-state index in [4.69, 9.17) is 0 Å². The van der Waals surface area contributed by atoms with Crippen LogP contribution in [0.3, 0.4) is 0 Å². The second kappa shape index (κ2) is 7.02. The van der Waals surface area contributed by atoms with Gasteiger partial charge in [0, 0.05) is 12.1 Å². The van der Waals surface area contributed by atoms with Crippen molar-refractivity contribution in [3.63, 3.8) is 0 Å². The maximum atomic E-state index is 2.64. The van der Waals surface area contributed by atoms with E-state index in [0.29, 0.717) is 12.1 Å². The summed E-state index contributed by atoms with van der Waals surface area (Å²) in [5.74, 6) is 0. The molecule has 0 aliphatic carbocycles. The molecule has 0 unspecified atom stereocenters. The molecule has 1 nitrogen and oxygen atoms in total. The van der Waals surface area contributed by atoms with Crippen LogP contribution in [-0.4, -0.2) is 18.0 Å². The summed E-state index contributed by atoms with van der Waals surface area (Å²) < 4.78 is 2.64. The monoisotopic (exact) mass is 285 g/mol. The Hall–Kier alpha value is -1.17. The molecule has 0 aliphatic rings. The van der Waals surface area contributed by atoms with Crippen molar-refractivity contribution in [2.24, 2.45) is 0 Å². The lowest BCUT2D eigenvalue weighted by Crippen LogP contribution is -2.25. The standard InChI is InChI=1S/C18H24NP/c1-15(17-11-7-5-8-12-17)19(20(3)4)16(2)18-13-9-6-10-14-18/h5-16H,1-4H3/t15-,16-/m0/s1. The second-order valence-corrected chi connectivity index (χ2v) is 7.56. The van der Waals surface area contributed by atoms with Crippen LogP contribution in [0.2, 0.25) is 0 Å². The Balaban J connectivity index is 2.28. The first kappa shape index (κ1) is 15.2. The quantitative estimate of drug-likeness (QED) is 0.659. The van der Waals surface area contributed by atoms with E-state index in [0.717, 1.165) is 0 Å². The van der Waals surface area contributed by atoms with Crippen molar-refractivity contribution >= 4 is 8.07 Å². The van der Waals surface area contributed by atoms with Crippen molar-refractivity contribution < 1.29 is 0 Å². The molecule has 0 aliphatic heterocycles. The van der Waals surface area contributed by atoms with Gasteiger partial charge in [-0.3, -0.25) is 4.67 Å². The molecule has 0 N–H and O–H groups in total. The smallest absolute Gasteiger partial charge is 0.0362 e. The van der Waals surface area contributed by atoms with Crippen molar-refractivity contribution in [3.8, 4) is 0 Å². The molecule has 0 radical (unpaired) electrons. The van der Waals surface area contributed by atoms with E-state index >= 15 is 0 Å². The van der Waals surface area contributed by atoms with Crippen molar-refractivity contribution in [1.29, 1.82) is 0 Å². The lowest BCUT2D eigenvalue weighted by molar-refractivity contribution is 0.301. The molecule has 2 rings (SSSR count). The van der Waals surface area contributed by atoms with Gasteiger partial charge in [-0.05, 0) is 46.4 Å². The lowest BCUT2D eigenvalue weighted by atomic mass is 10.0. The molecule has 2 aromatic rings. The fraction of sp³-hybridized carbons (Fsp3) is 0.333. The summed E-state index contributed by atoms with van der Waals surface area (Å²) in [5, 5.41) is 0. The molecular formula is C18H24NP. The molecule has 0 fully saturated rings. The maximum Gasteiger partial charge on any atom is 0.0362 e. The highest BCUT2D eigenvalue weighted by Gasteiger charge is 2.24. The van der Waals surface area contributed by atoms with Gasteiger partial charge in [0.15, 0.2) is 0 Å². The SMILES string of the molecule is C[C@@H](c1ccccc1)N([C@@H](C)c1ccccc1)P(C)C. The molecule has 2 aromatic carbocycles.